The molecule has 3 aromatic carbocycles. The van der Waals surface area contributed by atoms with E-state index in [4.69, 9.17) is 0 Å². The fraction of sp³-hybridized carbons (Fsp3) is 0.0833. The van der Waals surface area contributed by atoms with Crippen LogP contribution < -0.4 is 0 Å². The lowest BCUT2D eigenvalue weighted by molar-refractivity contribution is 1.03. The maximum Gasteiger partial charge on any atom is 0.144 e. The summed E-state index contributed by atoms with van der Waals surface area (Å²) in [5.74, 6) is 0.925. The van der Waals surface area contributed by atoms with E-state index in [1.165, 1.54) is 16.8 Å². The number of rotatable bonds is 3. The molecule has 0 saturated carbocycles. The first kappa shape index (κ1) is 16.5. The van der Waals surface area contributed by atoms with Crippen molar-refractivity contribution in [3.63, 3.8) is 0 Å². The molecule has 0 aliphatic rings. The van der Waals surface area contributed by atoms with Gasteiger partial charge in [-0.05, 0) is 55.3 Å². The fourth-order valence-corrected chi connectivity index (χ4v) is 3.83. The minimum absolute atomic E-state index is 0.925. The van der Waals surface area contributed by atoms with E-state index >= 15 is 0 Å². The van der Waals surface area contributed by atoms with Crippen molar-refractivity contribution in [3.05, 3.63) is 96.6 Å². The molecule has 0 spiro atoms. The molecule has 0 aliphatic heterocycles. The fourth-order valence-electron chi connectivity index (χ4n) is 3.83. The standard InChI is InChI=1S/C24H20N4/c1-17-7-6-8-18(2)23(17)27-14-13-25-24(27)19-11-12-22-21(15-19)26-16-28(22)20-9-4-3-5-10-20/h3-16H,1-2H3. The van der Waals surface area contributed by atoms with Crippen molar-refractivity contribution in [1.82, 2.24) is 19.1 Å². The number of hydrogen-bond donors (Lipinski definition) is 0. The summed E-state index contributed by atoms with van der Waals surface area (Å²) in [5.41, 5.74) is 7.85. The van der Waals surface area contributed by atoms with Crippen molar-refractivity contribution in [1.29, 1.82) is 0 Å². The lowest BCUT2D eigenvalue weighted by Crippen LogP contribution is -2.01. The van der Waals surface area contributed by atoms with Gasteiger partial charge < -0.3 is 0 Å². The number of fused-ring (bicyclic) bond motifs is 1. The van der Waals surface area contributed by atoms with Crippen molar-refractivity contribution in [2.75, 3.05) is 0 Å². The largest absolute Gasteiger partial charge is 0.299 e. The van der Waals surface area contributed by atoms with E-state index in [9.17, 15) is 0 Å². The number of para-hydroxylation sites is 2. The second-order valence-corrected chi connectivity index (χ2v) is 7.01. The van der Waals surface area contributed by atoms with Crippen molar-refractivity contribution >= 4 is 11.0 Å². The summed E-state index contributed by atoms with van der Waals surface area (Å²) in [5, 5.41) is 0. The summed E-state index contributed by atoms with van der Waals surface area (Å²) < 4.78 is 4.27. The third-order valence-corrected chi connectivity index (χ3v) is 5.16. The Morgan fingerprint density at radius 3 is 2.32 bits per heavy atom. The SMILES string of the molecule is Cc1cccc(C)c1-n1ccnc1-c1ccc2c(c1)ncn2-c1ccccc1. The molecule has 5 rings (SSSR count). The third-order valence-electron chi connectivity index (χ3n) is 5.16. The molecule has 0 aliphatic carbocycles. The minimum Gasteiger partial charge on any atom is -0.299 e. The summed E-state index contributed by atoms with van der Waals surface area (Å²) >= 11 is 0. The highest BCUT2D eigenvalue weighted by atomic mass is 15.1. The Balaban J connectivity index is 1.64. The Morgan fingerprint density at radius 1 is 0.750 bits per heavy atom. The van der Waals surface area contributed by atoms with E-state index in [0.29, 0.717) is 0 Å². The van der Waals surface area contributed by atoms with E-state index in [1.807, 2.05) is 36.9 Å². The molecule has 0 unspecified atom stereocenters. The molecule has 0 fully saturated rings. The highest BCUT2D eigenvalue weighted by molar-refractivity contribution is 5.82. The van der Waals surface area contributed by atoms with Gasteiger partial charge in [0.1, 0.15) is 12.2 Å². The first-order chi connectivity index (χ1) is 13.7. The van der Waals surface area contributed by atoms with Crippen molar-refractivity contribution < 1.29 is 0 Å². The maximum absolute atomic E-state index is 4.65. The van der Waals surface area contributed by atoms with Crippen LogP contribution in [0.5, 0.6) is 0 Å². The van der Waals surface area contributed by atoms with Crippen LogP contribution in [0, 0.1) is 13.8 Å². The molecule has 0 saturated heterocycles. The molecule has 0 radical (unpaired) electrons. The van der Waals surface area contributed by atoms with Crippen LogP contribution in [-0.4, -0.2) is 19.1 Å². The molecule has 5 aromatic rings. The van der Waals surface area contributed by atoms with Gasteiger partial charge >= 0.3 is 0 Å². The van der Waals surface area contributed by atoms with Gasteiger partial charge in [-0.2, -0.15) is 0 Å². The monoisotopic (exact) mass is 364 g/mol. The van der Waals surface area contributed by atoms with Crippen molar-refractivity contribution in [2.24, 2.45) is 0 Å². The molecule has 4 nitrogen and oxygen atoms in total. The Bertz CT molecular complexity index is 1260. The van der Waals surface area contributed by atoms with Gasteiger partial charge in [-0.3, -0.25) is 9.13 Å². The zero-order valence-corrected chi connectivity index (χ0v) is 15.9. The first-order valence-corrected chi connectivity index (χ1v) is 9.35. The third kappa shape index (κ3) is 2.62. The van der Waals surface area contributed by atoms with Crippen LogP contribution in [0.15, 0.2) is 85.5 Å². The summed E-state index contributed by atoms with van der Waals surface area (Å²) in [4.78, 5) is 9.27. The maximum atomic E-state index is 4.65. The van der Waals surface area contributed by atoms with Crippen molar-refractivity contribution in [2.45, 2.75) is 13.8 Å². The van der Waals surface area contributed by atoms with E-state index in [0.717, 1.165) is 28.1 Å². The Kier molecular flexibility index (Phi) is 3.83. The summed E-state index contributed by atoms with van der Waals surface area (Å²) in [6.45, 7) is 4.27. The molecular formula is C24H20N4. The van der Waals surface area contributed by atoms with Gasteiger partial charge in [-0.1, -0.05) is 36.4 Å². The number of aromatic nitrogens is 4. The lowest BCUT2D eigenvalue weighted by Gasteiger charge is -2.14. The molecule has 136 valence electrons. The summed E-state index contributed by atoms with van der Waals surface area (Å²) in [6, 6.07) is 23.0. The molecule has 4 heteroatoms. The highest BCUT2D eigenvalue weighted by Crippen LogP contribution is 2.28. The highest BCUT2D eigenvalue weighted by Gasteiger charge is 2.13. The van der Waals surface area contributed by atoms with Gasteiger partial charge in [-0.15, -0.1) is 0 Å². The number of hydrogen-bond acceptors (Lipinski definition) is 2. The lowest BCUT2D eigenvalue weighted by atomic mass is 10.1. The number of imidazole rings is 2. The average Bonchev–Trinajstić information content (AvgIpc) is 3.35. The average molecular weight is 364 g/mol. The molecule has 0 atom stereocenters. The number of nitrogens with zero attached hydrogens (tertiary/aromatic N) is 4. The van der Waals surface area contributed by atoms with Crippen LogP contribution in [0.4, 0.5) is 0 Å². The topological polar surface area (TPSA) is 35.6 Å². The van der Waals surface area contributed by atoms with Crippen LogP contribution in [0.1, 0.15) is 11.1 Å². The van der Waals surface area contributed by atoms with Crippen LogP contribution in [0.2, 0.25) is 0 Å². The molecule has 0 bridgehead atoms. The first-order valence-electron chi connectivity index (χ1n) is 9.35. The quantitative estimate of drug-likeness (QED) is 0.424. The summed E-state index contributed by atoms with van der Waals surface area (Å²) in [7, 11) is 0. The molecule has 0 N–H and O–H groups in total. The molecule has 0 amide bonds. The number of benzene rings is 3. The van der Waals surface area contributed by atoms with Crippen LogP contribution in [0.3, 0.4) is 0 Å². The van der Waals surface area contributed by atoms with Gasteiger partial charge in [-0.25, -0.2) is 9.97 Å². The van der Waals surface area contributed by atoms with Gasteiger partial charge in [0.15, 0.2) is 0 Å². The Hall–Kier alpha value is -3.66. The second-order valence-electron chi connectivity index (χ2n) is 7.01. The Morgan fingerprint density at radius 2 is 1.54 bits per heavy atom. The van der Waals surface area contributed by atoms with E-state index in [2.05, 4.69) is 81.5 Å². The molecular weight excluding hydrogens is 344 g/mol. The van der Waals surface area contributed by atoms with E-state index in [-0.39, 0.29) is 0 Å². The van der Waals surface area contributed by atoms with E-state index in [1.54, 1.807) is 0 Å². The van der Waals surface area contributed by atoms with Gasteiger partial charge in [0.05, 0.1) is 16.7 Å². The van der Waals surface area contributed by atoms with Crippen LogP contribution in [-0.2, 0) is 0 Å². The zero-order valence-electron chi connectivity index (χ0n) is 15.9. The van der Waals surface area contributed by atoms with Crippen LogP contribution in [0.25, 0.3) is 33.8 Å². The normalized spacial score (nSPS) is 11.2. The summed E-state index contributed by atoms with van der Waals surface area (Å²) in [6.07, 6.45) is 5.76. The van der Waals surface area contributed by atoms with Gasteiger partial charge in [0, 0.05) is 23.6 Å². The van der Waals surface area contributed by atoms with Crippen molar-refractivity contribution in [3.8, 4) is 22.8 Å². The number of aryl methyl sites for hydroxylation is 2. The zero-order chi connectivity index (χ0) is 19.1. The van der Waals surface area contributed by atoms with Gasteiger partial charge in [0.2, 0.25) is 0 Å². The smallest absolute Gasteiger partial charge is 0.144 e. The Labute approximate surface area is 163 Å². The molecule has 28 heavy (non-hydrogen) atoms. The molecule has 2 aromatic heterocycles. The second kappa shape index (κ2) is 6.50. The van der Waals surface area contributed by atoms with Crippen LogP contribution >= 0.6 is 0 Å². The van der Waals surface area contributed by atoms with Gasteiger partial charge in [0.25, 0.3) is 0 Å². The predicted octanol–water partition coefficient (Wildman–Crippen LogP) is 5.50. The van der Waals surface area contributed by atoms with E-state index < -0.39 is 0 Å². The predicted molar refractivity (Wildman–Crippen MR) is 113 cm³/mol. The minimum atomic E-state index is 0.925. The molecule has 2 heterocycles.